The summed E-state index contributed by atoms with van der Waals surface area (Å²) in [5.41, 5.74) is -0.493. The van der Waals surface area contributed by atoms with E-state index in [1.807, 2.05) is 23.3 Å². The van der Waals surface area contributed by atoms with E-state index < -0.39 is 23.1 Å². The van der Waals surface area contributed by atoms with Gasteiger partial charge in [0, 0.05) is 30.9 Å². The summed E-state index contributed by atoms with van der Waals surface area (Å²) < 4.78 is 55.5. The van der Waals surface area contributed by atoms with Crippen molar-refractivity contribution < 1.29 is 17.6 Å². The number of hydrogen-bond donors (Lipinski definition) is 1. The predicted octanol–water partition coefficient (Wildman–Crippen LogP) is 4.34. The fraction of sp³-hybridized carbons (Fsp3) is 0.350. The van der Waals surface area contributed by atoms with Crippen molar-refractivity contribution in [3.05, 3.63) is 74.4 Å². The van der Waals surface area contributed by atoms with Crippen LogP contribution in [-0.2, 0) is 19.1 Å². The molecule has 0 amide bonds. The Morgan fingerprint density at radius 3 is 2.71 bits per heavy atom. The predicted molar refractivity (Wildman–Crippen MR) is 107 cm³/mol. The van der Waals surface area contributed by atoms with Gasteiger partial charge in [0.2, 0.25) is 0 Å². The van der Waals surface area contributed by atoms with E-state index in [9.17, 15) is 22.4 Å². The van der Waals surface area contributed by atoms with Crippen LogP contribution in [-0.4, -0.2) is 25.8 Å². The van der Waals surface area contributed by atoms with Crippen LogP contribution in [0.4, 0.5) is 23.2 Å². The summed E-state index contributed by atoms with van der Waals surface area (Å²) in [4.78, 5) is 18.2. The van der Waals surface area contributed by atoms with Gasteiger partial charge in [-0.3, -0.25) is 4.79 Å². The molecule has 2 unspecified atom stereocenters. The summed E-state index contributed by atoms with van der Waals surface area (Å²) in [7, 11) is 0. The number of halogens is 5. The minimum atomic E-state index is -4.66. The van der Waals surface area contributed by atoms with Gasteiger partial charge in [0.1, 0.15) is 16.7 Å². The second-order valence-corrected chi connectivity index (χ2v) is 7.90. The highest BCUT2D eigenvalue weighted by Crippen LogP contribution is 2.37. The Morgan fingerprint density at radius 2 is 2.00 bits per heavy atom. The first-order chi connectivity index (χ1) is 14.6. The van der Waals surface area contributed by atoms with Crippen molar-refractivity contribution in [1.29, 1.82) is 0 Å². The first-order valence-corrected chi connectivity index (χ1v) is 9.87. The van der Waals surface area contributed by atoms with Gasteiger partial charge in [-0.1, -0.05) is 17.7 Å². The van der Waals surface area contributed by atoms with Crippen LogP contribution in [0.2, 0.25) is 5.02 Å². The number of hydrogen-bond acceptors (Lipinski definition) is 4. The quantitative estimate of drug-likeness (QED) is 0.597. The van der Waals surface area contributed by atoms with E-state index in [2.05, 4.69) is 15.2 Å². The number of H-pyrrole nitrogens is 1. The van der Waals surface area contributed by atoms with Gasteiger partial charge in [0.05, 0.1) is 23.5 Å². The molecule has 1 aliphatic rings. The minimum Gasteiger partial charge on any atom is -0.354 e. The first-order valence-electron chi connectivity index (χ1n) is 9.49. The Balaban J connectivity index is 1.71. The molecule has 3 aromatic rings. The number of alkyl halides is 3. The summed E-state index contributed by atoms with van der Waals surface area (Å²) in [6.45, 7) is 4.20. The molecule has 4 rings (SSSR count). The summed E-state index contributed by atoms with van der Waals surface area (Å²) in [5, 5.41) is 6.10. The molecule has 1 N–H and O–H groups in total. The Morgan fingerprint density at radius 1 is 1.26 bits per heavy atom. The lowest BCUT2D eigenvalue weighted by Crippen LogP contribution is -2.45. The molecular weight excluding hydrogens is 438 g/mol. The highest BCUT2D eigenvalue weighted by atomic mass is 35.5. The molecule has 0 fully saturated rings. The van der Waals surface area contributed by atoms with Crippen molar-refractivity contribution in [3.8, 4) is 0 Å². The van der Waals surface area contributed by atoms with Gasteiger partial charge in [-0.2, -0.15) is 18.3 Å². The SMILES string of the molecule is CC1Cn2c(Cc3ccc(F)cc3C(F)(F)F)cnc2C(C)N1c1cn[nH]c(=O)c1Cl. The molecule has 6 nitrogen and oxygen atoms in total. The zero-order chi connectivity index (χ0) is 22.5. The van der Waals surface area contributed by atoms with Crippen LogP contribution in [0.5, 0.6) is 0 Å². The highest BCUT2D eigenvalue weighted by molar-refractivity contribution is 6.33. The second-order valence-electron chi connectivity index (χ2n) is 7.52. The Kier molecular flexibility index (Phi) is 5.28. The van der Waals surface area contributed by atoms with Crippen LogP contribution in [0.1, 0.15) is 42.5 Å². The van der Waals surface area contributed by atoms with Gasteiger partial charge in [0.15, 0.2) is 0 Å². The monoisotopic (exact) mass is 455 g/mol. The molecule has 0 saturated carbocycles. The van der Waals surface area contributed by atoms with E-state index in [-0.39, 0.29) is 29.1 Å². The Hall–Kier alpha value is -2.88. The number of aromatic amines is 1. The number of rotatable bonds is 3. The molecule has 11 heteroatoms. The van der Waals surface area contributed by atoms with Crippen molar-refractivity contribution in [3.63, 3.8) is 0 Å². The van der Waals surface area contributed by atoms with Gasteiger partial charge >= 0.3 is 6.18 Å². The van der Waals surface area contributed by atoms with Gasteiger partial charge in [0.25, 0.3) is 5.56 Å². The van der Waals surface area contributed by atoms with E-state index in [0.29, 0.717) is 29.8 Å². The molecule has 164 valence electrons. The lowest BCUT2D eigenvalue weighted by Gasteiger charge is -2.41. The third kappa shape index (κ3) is 3.80. The maximum atomic E-state index is 13.4. The molecule has 1 aromatic carbocycles. The summed E-state index contributed by atoms with van der Waals surface area (Å²) in [5.74, 6) is -0.312. The number of nitrogens with zero attached hydrogens (tertiary/aromatic N) is 4. The van der Waals surface area contributed by atoms with E-state index in [0.717, 1.165) is 12.1 Å². The maximum absolute atomic E-state index is 13.4. The van der Waals surface area contributed by atoms with E-state index in [4.69, 9.17) is 11.6 Å². The maximum Gasteiger partial charge on any atom is 0.416 e. The molecule has 2 atom stereocenters. The molecule has 0 bridgehead atoms. The van der Waals surface area contributed by atoms with Crippen molar-refractivity contribution in [2.75, 3.05) is 4.90 Å². The second kappa shape index (κ2) is 7.67. The number of imidazole rings is 1. The van der Waals surface area contributed by atoms with Crippen LogP contribution < -0.4 is 10.5 Å². The van der Waals surface area contributed by atoms with Gasteiger partial charge < -0.3 is 9.47 Å². The lowest BCUT2D eigenvalue weighted by atomic mass is 10.0. The third-order valence-corrected chi connectivity index (χ3v) is 5.85. The average Bonchev–Trinajstić information content (AvgIpc) is 3.08. The number of aromatic nitrogens is 4. The zero-order valence-electron chi connectivity index (χ0n) is 16.5. The minimum absolute atomic E-state index is 0.00932. The zero-order valence-corrected chi connectivity index (χ0v) is 17.3. The third-order valence-electron chi connectivity index (χ3n) is 5.49. The summed E-state index contributed by atoms with van der Waals surface area (Å²) in [6.07, 6.45) is -1.72. The van der Waals surface area contributed by atoms with Crippen LogP contribution in [0.25, 0.3) is 0 Å². The van der Waals surface area contributed by atoms with Crippen molar-refractivity contribution in [2.24, 2.45) is 0 Å². The molecule has 31 heavy (non-hydrogen) atoms. The highest BCUT2D eigenvalue weighted by Gasteiger charge is 2.36. The number of fused-ring (bicyclic) bond motifs is 1. The molecule has 3 heterocycles. The van der Waals surface area contributed by atoms with Crippen molar-refractivity contribution >= 4 is 17.3 Å². The van der Waals surface area contributed by atoms with Crippen LogP contribution >= 0.6 is 11.6 Å². The first kappa shape index (κ1) is 21.4. The van der Waals surface area contributed by atoms with Gasteiger partial charge in [-0.15, -0.1) is 0 Å². The molecule has 0 saturated heterocycles. The summed E-state index contributed by atoms with van der Waals surface area (Å²) >= 11 is 6.18. The standard InChI is InChI=1S/C20H18ClF4N5O/c1-10-9-29-14(5-12-3-4-13(22)6-15(12)20(23,24)25)7-26-18(29)11(2)30(10)16-8-27-28-19(31)17(16)21/h3-4,6-8,10-11H,5,9H2,1-2H3,(H,28,31). The molecule has 0 aliphatic carbocycles. The normalized spacial score (nSPS) is 18.9. The lowest BCUT2D eigenvalue weighted by molar-refractivity contribution is -0.138. The molecule has 0 spiro atoms. The van der Waals surface area contributed by atoms with Gasteiger partial charge in [-0.25, -0.2) is 14.5 Å². The van der Waals surface area contributed by atoms with E-state index >= 15 is 0 Å². The fourth-order valence-corrected chi connectivity index (χ4v) is 4.32. The number of nitrogens with one attached hydrogen (secondary N) is 1. The largest absolute Gasteiger partial charge is 0.416 e. The molecule has 0 radical (unpaired) electrons. The van der Waals surface area contributed by atoms with Crippen LogP contribution in [0.3, 0.4) is 0 Å². The Labute approximate surface area is 179 Å². The van der Waals surface area contributed by atoms with Crippen molar-refractivity contribution in [1.82, 2.24) is 19.7 Å². The summed E-state index contributed by atoms with van der Waals surface area (Å²) in [6, 6.07) is 2.23. The molecular formula is C20H18ClF4N5O. The average molecular weight is 456 g/mol. The number of benzene rings is 1. The molecule has 1 aliphatic heterocycles. The van der Waals surface area contributed by atoms with E-state index in [1.54, 1.807) is 0 Å². The van der Waals surface area contributed by atoms with Crippen molar-refractivity contribution in [2.45, 2.75) is 45.1 Å². The topological polar surface area (TPSA) is 66.8 Å². The van der Waals surface area contributed by atoms with Crippen LogP contribution in [0.15, 0.2) is 35.4 Å². The number of anilines is 1. The van der Waals surface area contributed by atoms with Gasteiger partial charge in [-0.05, 0) is 31.5 Å². The van der Waals surface area contributed by atoms with Crippen LogP contribution in [0, 0.1) is 5.82 Å². The smallest absolute Gasteiger partial charge is 0.354 e. The Bertz CT molecular complexity index is 1190. The molecule has 2 aromatic heterocycles. The fourth-order valence-electron chi connectivity index (χ4n) is 4.13. The van der Waals surface area contributed by atoms with E-state index in [1.165, 1.54) is 12.4 Å².